The Balaban J connectivity index is 1.36. The zero-order valence-electron chi connectivity index (χ0n) is 23.4. The number of rotatable bonds is 8. The minimum atomic E-state index is -4.82. The van der Waals surface area contributed by atoms with E-state index in [1.807, 2.05) is 0 Å². The maximum Gasteiger partial charge on any atom is 0.419 e. The summed E-state index contributed by atoms with van der Waals surface area (Å²) in [6.07, 6.45) is -6.51. The van der Waals surface area contributed by atoms with E-state index >= 15 is 0 Å². The first kappa shape index (κ1) is 31.3. The highest BCUT2D eigenvalue weighted by atomic mass is 32.2. The predicted octanol–water partition coefficient (Wildman–Crippen LogP) is 3.68. The lowest BCUT2D eigenvalue weighted by molar-refractivity contribution is -0.155. The van der Waals surface area contributed by atoms with Crippen molar-refractivity contribution < 1.29 is 59.5 Å². The fourth-order valence-corrected chi connectivity index (χ4v) is 6.31. The van der Waals surface area contributed by atoms with E-state index in [1.54, 1.807) is 30.3 Å². The topological polar surface area (TPSA) is 142 Å². The highest BCUT2D eigenvalue weighted by Gasteiger charge is 2.70. The lowest BCUT2D eigenvalue weighted by Crippen LogP contribution is -2.44. The van der Waals surface area contributed by atoms with Crippen LogP contribution in [0.1, 0.15) is 41.8 Å². The smallest absolute Gasteiger partial charge is 0.419 e. The molecule has 14 heteroatoms. The number of carbonyl (C=O) groups is 3. The first-order valence-corrected chi connectivity index (χ1v) is 15.2. The highest BCUT2D eigenvalue weighted by molar-refractivity contribution is 7.85. The SMILES string of the molecule is CC(C)(C#Cc1ccccc1)Oc1cc(C(=O)OC2C3CC4C2OC(=O)C4C3C(=O)OCCS(=O)(=O)O)ccc1C(F)(F)F. The second-order valence-electron chi connectivity index (χ2n) is 11.3. The maximum absolute atomic E-state index is 13.9. The van der Waals surface area contributed by atoms with Gasteiger partial charge in [0.25, 0.3) is 10.1 Å². The van der Waals surface area contributed by atoms with Crippen molar-refractivity contribution >= 4 is 28.0 Å². The van der Waals surface area contributed by atoms with Gasteiger partial charge in [-0.3, -0.25) is 14.1 Å². The molecule has 5 rings (SSSR count). The molecule has 2 bridgehead atoms. The lowest BCUT2D eigenvalue weighted by Gasteiger charge is -2.30. The Kier molecular flexibility index (Phi) is 8.15. The molecule has 234 valence electrons. The number of alkyl halides is 3. The lowest BCUT2D eigenvalue weighted by atomic mass is 9.78. The van der Waals surface area contributed by atoms with E-state index in [2.05, 4.69) is 11.8 Å². The molecular weight excluding hydrogens is 609 g/mol. The molecule has 0 aromatic heterocycles. The van der Waals surface area contributed by atoms with Gasteiger partial charge in [0.15, 0.2) is 5.60 Å². The number of hydrogen-bond acceptors (Lipinski definition) is 9. The van der Waals surface area contributed by atoms with Gasteiger partial charge in [0, 0.05) is 17.4 Å². The van der Waals surface area contributed by atoms with Crippen molar-refractivity contribution in [2.24, 2.45) is 23.7 Å². The third kappa shape index (κ3) is 6.53. The standard InChI is InChI=1S/C30H27F3O10S/c1-29(2,11-10-16-6-4-3-5-7-16)43-21-14-17(8-9-20(21)30(31,32)33)26(34)41-24-18-15-19-23(28(36)42-25(19)24)22(18)27(35)40-12-13-44(37,38)39/h3-9,14,18-19,22-25H,12-13,15H2,1-2H3,(H,37,38,39). The van der Waals surface area contributed by atoms with E-state index in [0.717, 1.165) is 12.1 Å². The second-order valence-corrected chi connectivity index (χ2v) is 12.8. The van der Waals surface area contributed by atoms with Gasteiger partial charge in [0.2, 0.25) is 0 Å². The zero-order chi connectivity index (χ0) is 32.0. The average Bonchev–Trinajstić information content (AvgIpc) is 3.55. The van der Waals surface area contributed by atoms with E-state index < -0.39 is 99.4 Å². The number of carbonyl (C=O) groups excluding carboxylic acids is 3. The minimum absolute atomic E-state index is 0.271. The molecule has 2 aromatic rings. The fraction of sp³-hybridized carbons (Fsp3) is 0.433. The molecule has 2 saturated carbocycles. The summed E-state index contributed by atoms with van der Waals surface area (Å²) in [5, 5.41) is 0. The van der Waals surface area contributed by atoms with Crippen LogP contribution in [0.4, 0.5) is 13.2 Å². The van der Waals surface area contributed by atoms with Crippen molar-refractivity contribution in [2.45, 2.75) is 44.3 Å². The molecule has 1 saturated heterocycles. The van der Waals surface area contributed by atoms with Crippen LogP contribution in [0.2, 0.25) is 0 Å². The normalized spacial score (nSPS) is 25.5. The molecule has 0 spiro atoms. The predicted molar refractivity (Wildman–Crippen MR) is 145 cm³/mol. The molecule has 0 amide bonds. The van der Waals surface area contributed by atoms with E-state index in [4.69, 9.17) is 23.5 Å². The Hall–Kier alpha value is -4.09. The number of fused-ring (bicyclic) bond motifs is 1. The van der Waals surface area contributed by atoms with Crippen LogP contribution in [0.3, 0.4) is 0 Å². The van der Waals surface area contributed by atoms with Gasteiger partial charge >= 0.3 is 24.1 Å². The summed E-state index contributed by atoms with van der Waals surface area (Å²) in [5.74, 6) is -1.66. The van der Waals surface area contributed by atoms with Gasteiger partial charge in [-0.05, 0) is 50.6 Å². The van der Waals surface area contributed by atoms with E-state index in [-0.39, 0.29) is 12.0 Å². The summed E-state index contributed by atoms with van der Waals surface area (Å²) < 4.78 is 94.2. The van der Waals surface area contributed by atoms with Crippen molar-refractivity contribution in [3.05, 3.63) is 65.2 Å². The molecule has 1 aliphatic heterocycles. The van der Waals surface area contributed by atoms with Crippen LogP contribution in [0.5, 0.6) is 5.75 Å². The molecule has 6 atom stereocenters. The van der Waals surface area contributed by atoms with Gasteiger partial charge in [-0.15, -0.1) is 0 Å². The Morgan fingerprint density at radius 1 is 1.09 bits per heavy atom. The molecule has 1 N–H and O–H groups in total. The second kappa shape index (κ2) is 11.4. The van der Waals surface area contributed by atoms with Gasteiger partial charge < -0.3 is 18.9 Å². The first-order valence-electron chi connectivity index (χ1n) is 13.6. The van der Waals surface area contributed by atoms with Crippen molar-refractivity contribution in [3.63, 3.8) is 0 Å². The summed E-state index contributed by atoms with van der Waals surface area (Å²) in [7, 11) is -4.40. The molecule has 10 nitrogen and oxygen atoms in total. The van der Waals surface area contributed by atoms with Crippen molar-refractivity contribution in [3.8, 4) is 17.6 Å². The molecule has 3 aliphatic rings. The third-order valence-electron chi connectivity index (χ3n) is 7.82. The van der Waals surface area contributed by atoms with Gasteiger partial charge in [0.05, 0.1) is 23.0 Å². The number of hydrogen-bond donors (Lipinski definition) is 1. The zero-order valence-corrected chi connectivity index (χ0v) is 24.2. The fourth-order valence-electron chi connectivity index (χ4n) is 6.02. The summed E-state index contributed by atoms with van der Waals surface area (Å²) >= 11 is 0. The first-order chi connectivity index (χ1) is 20.5. The molecule has 3 fully saturated rings. The highest BCUT2D eigenvalue weighted by Crippen LogP contribution is 2.59. The van der Waals surface area contributed by atoms with Crippen molar-refractivity contribution in [1.82, 2.24) is 0 Å². The average molecular weight is 637 g/mol. The number of ether oxygens (including phenoxy) is 4. The largest absolute Gasteiger partial charge is 0.475 e. The van der Waals surface area contributed by atoms with Crippen LogP contribution < -0.4 is 4.74 Å². The Morgan fingerprint density at radius 2 is 1.80 bits per heavy atom. The van der Waals surface area contributed by atoms with E-state index in [0.29, 0.717) is 11.6 Å². The number of esters is 3. The van der Waals surface area contributed by atoms with Crippen LogP contribution in [0.25, 0.3) is 0 Å². The molecule has 2 aliphatic carbocycles. The minimum Gasteiger partial charge on any atom is -0.475 e. The van der Waals surface area contributed by atoms with Crippen molar-refractivity contribution in [2.75, 3.05) is 12.4 Å². The number of benzene rings is 2. The Bertz CT molecular complexity index is 1640. The molecule has 0 radical (unpaired) electrons. The van der Waals surface area contributed by atoms with Gasteiger partial charge in [0.1, 0.15) is 30.3 Å². The van der Waals surface area contributed by atoms with Crippen LogP contribution in [0.15, 0.2) is 48.5 Å². The summed E-state index contributed by atoms with van der Waals surface area (Å²) in [6, 6.07) is 11.3. The molecule has 1 heterocycles. The van der Waals surface area contributed by atoms with Gasteiger partial charge in [-0.25, -0.2) is 4.79 Å². The summed E-state index contributed by atoms with van der Waals surface area (Å²) in [4.78, 5) is 38.6. The van der Waals surface area contributed by atoms with Crippen LogP contribution in [-0.4, -0.2) is 61.0 Å². The Labute approximate surface area is 250 Å². The van der Waals surface area contributed by atoms with Crippen LogP contribution in [-0.2, 0) is 40.1 Å². The molecule has 6 unspecified atom stereocenters. The van der Waals surface area contributed by atoms with E-state index in [1.165, 1.54) is 13.8 Å². The molecule has 44 heavy (non-hydrogen) atoms. The van der Waals surface area contributed by atoms with Crippen LogP contribution >= 0.6 is 0 Å². The van der Waals surface area contributed by atoms with E-state index in [9.17, 15) is 36.0 Å². The summed E-state index contributed by atoms with van der Waals surface area (Å²) in [6.45, 7) is 2.30. The summed E-state index contributed by atoms with van der Waals surface area (Å²) in [5.41, 5.74) is -2.20. The maximum atomic E-state index is 13.9. The van der Waals surface area contributed by atoms with Gasteiger partial charge in [-0.1, -0.05) is 30.0 Å². The quantitative estimate of drug-likeness (QED) is 0.197. The Morgan fingerprint density at radius 3 is 2.45 bits per heavy atom. The number of halogens is 3. The van der Waals surface area contributed by atoms with Gasteiger partial charge in [-0.2, -0.15) is 21.6 Å². The third-order valence-corrected chi connectivity index (χ3v) is 8.50. The molecular formula is C30H27F3O10S. The van der Waals surface area contributed by atoms with Crippen LogP contribution in [0, 0.1) is 35.5 Å². The molecule has 2 aromatic carbocycles. The monoisotopic (exact) mass is 636 g/mol. The van der Waals surface area contributed by atoms with Crippen molar-refractivity contribution in [1.29, 1.82) is 0 Å².